The Balaban J connectivity index is 3.58. The number of aromatic carboxylic acids is 1. The Kier molecular flexibility index (Phi) is 3.35. The number of nitrogens with zero attached hydrogens (tertiary/aromatic N) is 2. The summed E-state index contributed by atoms with van der Waals surface area (Å²) < 4.78 is 29.5. The fourth-order valence-electron chi connectivity index (χ4n) is 1.17. The van der Waals surface area contributed by atoms with E-state index < -0.39 is 29.4 Å². The summed E-state index contributed by atoms with van der Waals surface area (Å²) in [5.41, 5.74) is -1.72. The molecule has 0 amide bonds. The molecule has 7 heteroatoms. The zero-order chi connectivity index (χ0) is 12.3. The molecule has 0 radical (unpaired) electrons. The first-order valence-electron chi connectivity index (χ1n) is 4.01. The van der Waals surface area contributed by atoms with E-state index in [4.69, 9.17) is 10.4 Å². The Morgan fingerprint density at radius 2 is 2.31 bits per heavy atom. The van der Waals surface area contributed by atoms with Gasteiger partial charge in [-0.3, -0.25) is 0 Å². The summed E-state index contributed by atoms with van der Waals surface area (Å²) in [7, 11) is 1.04. The molecule has 1 heterocycles. The van der Waals surface area contributed by atoms with Crippen molar-refractivity contribution in [3.8, 4) is 11.8 Å². The SMILES string of the molecule is COc1c(C(F)F)ncc(C#N)c1C(=O)O. The zero-order valence-corrected chi connectivity index (χ0v) is 8.07. The van der Waals surface area contributed by atoms with Gasteiger partial charge in [-0.2, -0.15) is 5.26 Å². The van der Waals surface area contributed by atoms with Gasteiger partial charge in [0.15, 0.2) is 5.75 Å². The molecule has 0 aliphatic carbocycles. The van der Waals surface area contributed by atoms with Crippen molar-refractivity contribution in [2.75, 3.05) is 7.11 Å². The molecular weight excluding hydrogens is 222 g/mol. The highest BCUT2D eigenvalue weighted by Gasteiger charge is 2.25. The second-order valence-corrected chi connectivity index (χ2v) is 2.68. The van der Waals surface area contributed by atoms with Crippen LogP contribution in [0.3, 0.4) is 0 Å². The van der Waals surface area contributed by atoms with Gasteiger partial charge in [-0.05, 0) is 0 Å². The monoisotopic (exact) mass is 228 g/mol. The highest BCUT2D eigenvalue weighted by atomic mass is 19.3. The number of pyridine rings is 1. The van der Waals surface area contributed by atoms with Gasteiger partial charge in [-0.15, -0.1) is 0 Å². The summed E-state index contributed by atoms with van der Waals surface area (Å²) in [6.45, 7) is 0. The Morgan fingerprint density at radius 1 is 1.69 bits per heavy atom. The van der Waals surface area contributed by atoms with Crippen molar-refractivity contribution in [3.05, 3.63) is 23.0 Å². The number of methoxy groups -OCH3 is 1. The van der Waals surface area contributed by atoms with Crippen LogP contribution in [-0.4, -0.2) is 23.2 Å². The molecule has 1 aromatic heterocycles. The maximum Gasteiger partial charge on any atom is 0.340 e. The average molecular weight is 228 g/mol. The van der Waals surface area contributed by atoms with Crippen LogP contribution in [0.2, 0.25) is 0 Å². The number of nitriles is 1. The van der Waals surface area contributed by atoms with Gasteiger partial charge in [-0.25, -0.2) is 18.6 Å². The van der Waals surface area contributed by atoms with E-state index in [1.807, 2.05) is 0 Å². The highest BCUT2D eigenvalue weighted by molar-refractivity contribution is 5.94. The third-order valence-corrected chi connectivity index (χ3v) is 1.81. The molecular formula is C9H6F2N2O3. The molecule has 0 unspecified atom stereocenters. The molecule has 5 nitrogen and oxygen atoms in total. The minimum atomic E-state index is -2.97. The van der Waals surface area contributed by atoms with Crippen LogP contribution in [0.5, 0.6) is 5.75 Å². The van der Waals surface area contributed by atoms with E-state index in [9.17, 15) is 13.6 Å². The second kappa shape index (κ2) is 4.53. The summed E-state index contributed by atoms with van der Waals surface area (Å²) >= 11 is 0. The molecule has 84 valence electrons. The van der Waals surface area contributed by atoms with Gasteiger partial charge in [-0.1, -0.05) is 0 Å². The van der Waals surface area contributed by atoms with Crippen LogP contribution in [0.4, 0.5) is 8.78 Å². The summed E-state index contributed by atoms with van der Waals surface area (Å²) in [6.07, 6.45) is -2.19. The number of aromatic nitrogens is 1. The minimum Gasteiger partial charge on any atom is -0.494 e. The van der Waals surface area contributed by atoms with E-state index in [2.05, 4.69) is 9.72 Å². The first-order valence-corrected chi connectivity index (χ1v) is 4.01. The topological polar surface area (TPSA) is 83.2 Å². The molecule has 0 aliphatic rings. The lowest BCUT2D eigenvalue weighted by atomic mass is 10.1. The lowest BCUT2D eigenvalue weighted by Gasteiger charge is -2.10. The Bertz CT molecular complexity index is 469. The zero-order valence-electron chi connectivity index (χ0n) is 8.07. The van der Waals surface area contributed by atoms with Gasteiger partial charge in [0.2, 0.25) is 0 Å². The van der Waals surface area contributed by atoms with Gasteiger partial charge >= 0.3 is 5.97 Å². The number of rotatable bonds is 3. The summed E-state index contributed by atoms with van der Waals surface area (Å²) in [5, 5.41) is 17.4. The third-order valence-electron chi connectivity index (χ3n) is 1.81. The number of halogens is 2. The smallest absolute Gasteiger partial charge is 0.340 e. The predicted molar refractivity (Wildman–Crippen MR) is 47.4 cm³/mol. The van der Waals surface area contributed by atoms with Crippen molar-refractivity contribution in [3.63, 3.8) is 0 Å². The first kappa shape index (κ1) is 11.8. The molecule has 16 heavy (non-hydrogen) atoms. The van der Waals surface area contributed by atoms with E-state index in [1.54, 1.807) is 6.07 Å². The van der Waals surface area contributed by atoms with E-state index in [0.29, 0.717) is 0 Å². The Hall–Kier alpha value is -2.23. The minimum absolute atomic E-state index is 0.325. The maximum absolute atomic E-state index is 12.5. The quantitative estimate of drug-likeness (QED) is 0.849. The standard InChI is InChI=1S/C9H6F2N2O3/c1-16-7-5(9(14)15)4(2-12)3-13-6(7)8(10)11/h3,8H,1H3,(H,14,15). The van der Waals surface area contributed by atoms with Crippen LogP contribution in [0.1, 0.15) is 28.0 Å². The Morgan fingerprint density at radius 3 is 2.69 bits per heavy atom. The number of alkyl halides is 2. The van der Waals surface area contributed by atoms with Gasteiger partial charge < -0.3 is 9.84 Å². The number of ether oxygens (including phenoxy) is 1. The maximum atomic E-state index is 12.5. The van der Waals surface area contributed by atoms with E-state index >= 15 is 0 Å². The lowest BCUT2D eigenvalue weighted by molar-refractivity contribution is 0.0691. The van der Waals surface area contributed by atoms with Gasteiger partial charge in [0.25, 0.3) is 6.43 Å². The van der Waals surface area contributed by atoms with E-state index in [0.717, 1.165) is 13.3 Å². The van der Waals surface area contributed by atoms with Crippen molar-refractivity contribution >= 4 is 5.97 Å². The average Bonchev–Trinajstić information content (AvgIpc) is 2.26. The number of hydrogen-bond acceptors (Lipinski definition) is 4. The van der Waals surface area contributed by atoms with Crippen molar-refractivity contribution in [2.24, 2.45) is 0 Å². The first-order chi connectivity index (χ1) is 7.52. The number of carbonyl (C=O) groups is 1. The van der Waals surface area contributed by atoms with Gasteiger partial charge in [0.05, 0.1) is 12.7 Å². The molecule has 1 N–H and O–H groups in total. The van der Waals surface area contributed by atoms with Crippen LogP contribution in [0, 0.1) is 11.3 Å². The molecule has 0 atom stereocenters. The van der Waals surface area contributed by atoms with Crippen LogP contribution in [0.25, 0.3) is 0 Å². The molecule has 0 spiro atoms. The number of carboxylic acid groups (broad SMARTS) is 1. The highest BCUT2D eigenvalue weighted by Crippen LogP contribution is 2.31. The molecule has 0 fully saturated rings. The molecule has 0 aliphatic heterocycles. The van der Waals surface area contributed by atoms with Gasteiger partial charge in [0.1, 0.15) is 17.3 Å². The molecule has 0 bridgehead atoms. The molecule has 1 rings (SSSR count). The summed E-state index contributed by atoms with van der Waals surface area (Å²) in [4.78, 5) is 14.1. The fourth-order valence-corrected chi connectivity index (χ4v) is 1.17. The fraction of sp³-hybridized carbons (Fsp3) is 0.222. The van der Waals surface area contributed by atoms with E-state index in [-0.39, 0.29) is 5.56 Å². The van der Waals surface area contributed by atoms with Crippen LogP contribution >= 0.6 is 0 Å². The number of hydrogen-bond donors (Lipinski definition) is 1. The van der Waals surface area contributed by atoms with Crippen LogP contribution < -0.4 is 4.74 Å². The second-order valence-electron chi connectivity index (χ2n) is 2.68. The third kappa shape index (κ3) is 1.91. The molecule has 0 saturated heterocycles. The van der Waals surface area contributed by atoms with Crippen LogP contribution in [0.15, 0.2) is 6.20 Å². The summed E-state index contributed by atoms with van der Waals surface area (Å²) in [5.74, 6) is -2.10. The molecule has 0 aromatic carbocycles. The van der Waals surface area contributed by atoms with Crippen LogP contribution in [-0.2, 0) is 0 Å². The molecule has 1 aromatic rings. The van der Waals surface area contributed by atoms with E-state index in [1.165, 1.54) is 0 Å². The van der Waals surface area contributed by atoms with Crippen molar-refractivity contribution in [1.29, 1.82) is 5.26 Å². The predicted octanol–water partition coefficient (Wildman–Crippen LogP) is 1.60. The largest absolute Gasteiger partial charge is 0.494 e. The summed E-state index contributed by atoms with van der Waals surface area (Å²) in [6, 6.07) is 1.55. The molecule has 0 saturated carbocycles. The number of carboxylic acids is 1. The van der Waals surface area contributed by atoms with Gasteiger partial charge in [0, 0.05) is 6.20 Å². The van der Waals surface area contributed by atoms with Crippen molar-refractivity contribution in [2.45, 2.75) is 6.43 Å². The lowest BCUT2D eigenvalue weighted by Crippen LogP contribution is -2.08. The van der Waals surface area contributed by atoms with Crippen molar-refractivity contribution in [1.82, 2.24) is 4.98 Å². The Labute approximate surface area is 88.9 Å². The van der Waals surface area contributed by atoms with Crippen molar-refractivity contribution < 1.29 is 23.4 Å². The normalized spacial score (nSPS) is 9.94.